The van der Waals surface area contributed by atoms with Crippen LogP contribution in [0, 0.1) is 0 Å². The molecule has 6 atom stereocenters. The number of allylic oxidation sites excluding steroid dienone is 6. The molecule has 1 aliphatic heterocycles. The highest BCUT2D eigenvalue weighted by molar-refractivity contribution is 7.85. The highest BCUT2D eigenvalue weighted by Crippen LogP contribution is 2.24. The first-order valence-corrected chi connectivity index (χ1v) is 25.2. The molecule has 0 aliphatic carbocycles. The normalized spacial score (nSPS) is 20.4. The molecule has 1 fully saturated rings. The average molecular weight is 873 g/mol. The van der Waals surface area contributed by atoms with E-state index < -0.39 is 71.2 Å². The van der Waals surface area contributed by atoms with Crippen molar-refractivity contribution in [3.8, 4) is 0 Å². The number of carbonyl (C=O) groups excluding carboxylic acids is 2. The van der Waals surface area contributed by atoms with Crippen molar-refractivity contribution >= 4 is 22.1 Å². The van der Waals surface area contributed by atoms with Crippen molar-refractivity contribution < 1.29 is 56.8 Å². The second-order valence-electron chi connectivity index (χ2n) is 16.4. The summed E-state index contributed by atoms with van der Waals surface area (Å²) < 4.78 is 54.1. The largest absolute Gasteiger partial charge is 0.462 e. The quantitative estimate of drug-likeness (QED) is 0.0199. The summed E-state index contributed by atoms with van der Waals surface area (Å²) in [5.41, 5.74) is 0. The average Bonchev–Trinajstić information content (AvgIpc) is 3.21. The van der Waals surface area contributed by atoms with Crippen molar-refractivity contribution in [2.45, 2.75) is 230 Å². The second-order valence-corrected chi connectivity index (χ2v) is 17.9. The lowest BCUT2D eigenvalue weighted by atomic mass is 10.00. The Bertz CT molecular complexity index is 1250. The lowest BCUT2D eigenvalue weighted by molar-refractivity contribution is -0.297. The summed E-state index contributed by atoms with van der Waals surface area (Å²) in [4.78, 5) is 25.4. The summed E-state index contributed by atoms with van der Waals surface area (Å²) >= 11 is 0. The van der Waals surface area contributed by atoms with Crippen LogP contribution < -0.4 is 0 Å². The minimum absolute atomic E-state index is 0.156. The van der Waals surface area contributed by atoms with Gasteiger partial charge in [0.2, 0.25) is 0 Å². The summed E-state index contributed by atoms with van der Waals surface area (Å²) in [6.45, 7) is 3.72. The van der Waals surface area contributed by atoms with Crippen LogP contribution in [0.5, 0.6) is 0 Å². The van der Waals surface area contributed by atoms with Crippen LogP contribution in [0.25, 0.3) is 0 Å². The molecule has 0 spiro atoms. The summed E-state index contributed by atoms with van der Waals surface area (Å²) in [7, 11) is -4.60. The fourth-order valence-electron chi connectivity index (χ4n) is 7.00. The smallest absolute Gasteiger partial charge is 0.306 e. The minimum Gasteiger partial charge on any atom is -0.462 e. The zero-order valence-corrected chi connectivity index (χ0v) is 38.1. The molecule has 1 rings (SSSR count). The molecule has 0 radical (unpaired) electrons. The second kappa shape index (κ2) is 37.4. The Kier molecular flexibility index (Phi) is 34.9. The molecule has 0 aromatic rings. The first-order valence-electron chi connectivity index (χ1n) is 23.5. The molecule has 1 heterocycles. The third-order valence-corrected chi connectivity index (χ3v) is 11.4. The van der Waals surface area contributed by atoms with Gasteiger partial charge in [-0.3, -0.25) is 14.1 Å². The molecule has 2 unspecified atom stereocenters. The van der Waals surface area contributed by atoms with Gasteiger partial charge in [-0.15, -0.1) is 0 Å². The number of hydrogen-bond donors (Lipinski definition) is 4. The predicted molar refractivity (Wildman–Crippen MR) is 238 cm³/mol. The van der Waals surface area contributed by atoms with E-state index in [0.717, 1.165) is 77.0 Å². The third-order valence-electron chi connectivity index (χ3n) is 10.7. The lowest BCUT2D eigenvalue weighted by Crippen LogP contribution is -2.60. The summed E-state index contributed by atoms with van der Waals surface area (Å²) in [6.07, 6.45) is 33.2. The van der Waals surface area contributed by atoms with Crippen LogP contribution in [0.2, 0.25) is 0 Å². The van der Waals surface area contributed by atoms with Gasteiger partial charge in [-0.05, 0) is 70.6 Å². The number of carbonyl (C=O) groups is 2. The van der Waals surface area contributed by atoms with E-state index >= 15 is 0 Å². The molecule has 60 heavy (non-hydrogen) atoms. The van der Waals surface area contributed by atoms with Crippen molar-refractivity contribution in [1.82, 2.24) is 0 Å². The lowest BCUT2D eigenvalue weighted by Gasteiger charge is -2.40. The SMILES string of the molecule is CCCCC/C=C/C/C=C/CCCCCCCC(=O)OC[C@H](CO[C@H]1O[C@H](CS(=O)(=O)O)[C@@H](O)C(O)C1O)OC(=O)CCCCCCCCC/C=C/CCCCCCCC. The number of rotatable bonds is 39. The van der Waals surface area contributed by atoms with Crippen molar-refractivity contribution in [2.24, 2.45) is 0 Å². The number of ether oxygens (including phenoxy) is 4. The Morgan fingerprint density at radius 2 is 1.00 bits per heavy atom. The van der Waals surface area contributed by atoms with Gasteiger partial charge in [0, 0.05) is 12.8 Å². The fraction of sp³-hybridized carbons (Fsp3) is 0.830. The third kappa shape index (κ3) is 31.7. The van der Waals surface area contributed by atoms with Crippen LogP contribution >= 0.6 is 0 Å². The molecule has 0 bridgehead atoms. The van der Waals surface area contributed by atoms with E-state index in [4.69, 9.17) is 18.9 Å². The van der Waals surface area contributed by atoms with Gasteiger partial charge in [-0.2, -0.15) is 8.42 Å². The first-order chi connectivity index (χ1) is 29.0. The molecule has 0 aromatic heterocycles. The van der Waals surface area contributed by atoms with Crippen LogP contribution in [0.4, 0.5) is 0 Å². The Morgan fingerprint density at radius 3 is 1.52 bits per heavy atom. The van der Waals surface area contributed by atoms with Crippen LogP contribution in [-0.2, 0) is 38.7 Å². The highest BCUT2D eigenvalue weighted by atomic mass is 32.2. The molecule has 1 aliphatic rings. The number of aliphatic hydroxyl groups is 3. The maximum atomic E-state index is 12.8. The Morgan fingerprint density at radius 1 is 0.567 bits per heavy atom. The van der Waals surface area contributed by atoms with Gasteiger partial charge in [0.15, 0.2) is 12.4 Å². The van der Waals surface area contributed by atoms with E-state index in [1.54, 1.807) is 0 Å². The number of unbranched alkanes of at least 4 members (excludes halogenated alkanes) is 21. The number of esters is 2. The maximum absolute atomic E-state index is 12.8. The van der Waals surface area contributed by atoms with Gasteiger partial charge in [0.25, 0.3) is 10.1 Å². The van der Waals surface area contributed by atoms with Crippen molar-refractivity contribution in [3.63, 3.8) is 0 Å². The summed E-state index contributed by atoms with van der Waals surface area (Å²) in [5, 5.41) is 30.9. The van der Waals surface area contributed by atoms with Gasteiger partial charge < -0.3 is 34.3 Å². The standard InChI is InChI=1S/C47H84O12S/c1-3-5-7-9-11-13-15-17-19-20-22-24-26-28-30-32-34-36-43(49)58-40(38-57-47-46(52)45(51)44(50)41(59-47)39-60(53,54)55)37-56-42(48)35-33-31-29-27-25-23-21-18-16-14-12-10-8-6-4-2/h12,14,17-19,21,40-41,44-47,50-52H,3-11,13,15-16,20,22-39H2,1-2H3,(H,53,54,55)/b14-12+,19-17+,21-18+/t40-,41-,44-,45?,46?,47+/m1/s1. The molecular weight excluding hydrogens is 789 g/mol. The van der Waals surface area contributed by atoms with Crippen molar-refractivity contribution in [3.05, 3.63) is 36.5 Å². The minimum atomic E-state index is -4.60. The fourth-order valence-corrected chi connectivity index (χ4v) is 7.69. The summed E-state index contributed by atoms with van der Waals surface area (Å²) in [5.74, 6) is -2.00. The Hall–Kier alpha value is -2.13. The van der Waals surface area contributed by atoms with Crippen LogP contribution in [0.1, 0.15) is 194 Å². The molecular formula is C47H84O12S. The van der Waals surface area contributed by atoms with E-state index in [9.17, 15) is 37.9 Å². The van der Waals surface area contributed by atoms with Gasteiger partial charge in [0.1, 0.15) is 36.8 Å². The molecule has 0 saturated carbocycles. The molecule has 13 heteroatoms. The Balaban J connectivity index is 2.44. The van der Waals surface area contributed by atoms with Crippen LogP contribution in [0.3, 0.4) is 0 Å². The van der Waals surface area contributed by atoms with Crippen LogP contribution in [-0.4, -0.2) is 96.0 Å². The van der Waals surface area contributed by atoms with Gasteiger partial charge in [0.05, 0.1) is 6.61 Å². The molecule has 0 aromatic carbocycles. The zero-order chi connectivity index (χ0) is 44.1. The molecule has 1 saturated heterocycles. The van der Waals surface area contributed by atoms with Crippen LogP contribution in [0.15, 0.2) is 36.5 Å². The number of hydrogen-bond acceptors (Lipinski definition) is 11. The predicted octanol–water partition coefficient (Wildman–Crippen LogP) is 9.78. The molecule has 4 N–H and O–H groups in total. The Labute approximate surface area is 363 Å². The molecule has 0 amide bonds. The van der Waals surface area contributed by atoms with Gasteiger partial charge in [-0.1, -0.05) is 147 Å². The number of aliphatic hydroxyl groups excluding tert-OH is 3. The van der Waals surface area contributed by atoms with Gasteiger partial charge in [-0.25, -0.2) is 0 Å². The van der Waals surface area contributed by atoms with E-state index in [2.05, 4.69) is 50.3 Å². The first kappa shape index (κ1) is 55.9. The monoisotopic (exact) mass is 873 g/mol. The zero-order valence-electron chi connectivity index (χ0n) is 37.3. The maximum Gasteiger partial charge on any atom is 0.306 e. The topological polar surface area (TPSA) is 186 Å². The van der Waals surface area contributed by atoms with E-state index in [-0.39, 0.29) is 19.4 Å². The van der Waals surface area contributed by atoms with Crippen molar-refractivity contribution in [1.29, 1.82) is 0 Å². The van der Waals surface area contributed by atoms with Gasteiger partial charge >= 0.3 is 11.9 Å². The van der Waals surface area contributed by atoms with E-state index in [1.807, 2.05) is 0 Å². The highest BCUT2D eigenvalue weighted by Gasteiger charge is 2.46. The van der Waals surface area contributed by atoms with E-state index in [1.165, 1.54) is 77.0 Å². The van der Waals surface area contributed by atoms with Crippen molar-refractivity contribution in [2.75, 3.05) is 19.0 Å². The molecule has 350 valence electrons. The van der Waals surface area contributed by atoms with E-state index in [0.29, 0.717) is 12.8 Å². The summed E-state index contributed by atoms with van der Waals surface area (Å²) in [6, 6.07) is 0. The molecule has 12 nitrogen and oxygen atoms in total.